The standard InChI is InChI=1S/C36H21NOS/c1-2-10-24(11-3-1)37-31-16-7-6-13-29(31)36-33(37)30-21-23(18-20-32(30)39-36)26-14-8-15-27-28-19-17-22-9-4-5-12-25(22)34(28)38-35(26)27/h1-21H. The molecule has 6 aromatic carbocycles. The molecule has 0 saturated heterocycles. The van der Waals surface area contributed by atoms with Gasteiger partial charge in [0.2, 0.25) is 0 Å². The van der Waals surface area contributed by atoms with E-state index >= 15 is 0 Å². The third-order valence-corrected chi connectivity index (χ3v) is 9.18. The fourth-order valence-corrected chi connectivity index (χ4v) is 7.44. The second-order valence-corrected chi connectivity index (χ2v) is 11.2. The third kappa shape index (κ3) is 2.91. The van der Waals surface area contributed by atoms with Crippen LogP contribution < -0.4 is 0 Å². The van der Waals surface area contributed by atoms with Crippen molar-refractivity contribution >= 4 is 75.3 Å². The lowest BCUT2D eigenvalue weighted by Crippen LogP contribution is -1.92. The highest BCUT2D eigenvalue weighted by Gasteiger charge is 2.19. The van der Waals surface area contributed by atoms with E-state index in [1.165, 1.54) is 47.8 Å². The van der Waals surface area contributed by atoms with Crippen LogP contribution in [-0.2, 0) is 0 Å². The Morgan fingerprint density at radius 1 is 0.538 bits per heavy atom. The molecular weight excluding hydrogens is 494 g/mol. The highest BCUT2D eigenvalue weighted by Crippen LogP contribution is 2.45. The first-order valence-electron chi connectivity index (χ1n) is 13.2. The quantitative estimate of drug-likeness (QED) is 0.224. The van der Waals surface area contributed by atoms with E-state index in [1.807, 2.05) is 11.3 Å². The van der Waals surface area contributed by atoms with Gasteiger partial charge in [-0.3, -0.25) is 0 Å². The Kier molecular flexibility index (Phi) is 4.24. The van der Waals surface area contributed by atoms with Gasteiger partial charge in [-0.1, -0.05) is 91.0 Å². The minimum Gasteiger partial charge on any atom is -0.455 e. The molecule has 0 saturated carbocycles. The van der Waals surface area contributed by atoms with Gasteiger partial charge in [0, 0.05) is 42.9 Å². The smallest absolute Gasteiger partial charge is 0.143 e. The van der Waals surface area contributed by atoms with E-state index in [0.29, 0.717) is 0 Å². The molecule has 0 fully saturated rings. The molecule has 3 heteroatoms. The summed E-state index contributed by atoms with van der Waals surface area (Å²) < 4.78 is 11.7. The Morgan fingerprint density at radius 3 is 2.23 bits per heavy atom. The van der Waals surface area contributed by atoms with E-state index in [9.17, 15) is 0 Å². The maximum Gasteiger partial charge on any atom is 0.143 e. The molecule has 0 spiro atoms. The fraction of sp³-hybridized carbons (Fsp3) is 0. The number of para-hydroxylation sites is 3. The molecular formula is C36H21NOS. The van der Waals surface area contributed by atoms with Crippen LogP contribution in [0.2, 0.25) is 0 Å². The monoisotopic (exact) mass is 515 g/mol. The van der Waals surface area contributed by atoms with Crippen molar-refractivity contribution in [3.63, 3.8) is 0 Å². The molecule has 0 aliphatic rings. The molecule has 0 radical (unpaired) electrons. The number of nitrogens with zero attached hydrogens (tertiary/aromatic N) is 1. The second-order valence-electron chi connectivity index (χ2n) is 10.1. The van der Waals surface area contributed by atoms with Crippen LogP contribution in [0.5, 0.6) is 0 Å². The van der Waals surface area contributed by atoms with E-state index in [2.05, 4.69) is 132 Å². The molecule has 0 aliphatic carbocycles. The van der Waals surface area contributed by atoms with Gasteiger partial charge in [0.25, 0.3) is 0 Å². The van der Waals surface area contributed by atoms with E-state index in [4.69, 9.17) is 4.42 Å². The first-order chi connectivity index (χ1) is 19.3. The van der Waals surface area contributed by atoms with Gasteiger partial charge in [-0.05, 0) is 47.3 Å². The summed E-state index contributed by atoms with van der Waals surface area (Å²) in [6.45, 7) is 0. The molecule has 3 aromatic heterocycles. The van der Waals surface area contributed by atoms with Crippen molar-refractivity contribution in [2.24, 2.45) is 0 Å². The zero-order valence-electron chi connectivity index (χ0n) is 20.9. The Hall–Kier alpha value is -4.86. The predicted octanol–water partition coefficient (Wildman–Crippen LogP) is 10.7. The lowest BCUT2D eigenvalue weighted by Gasteiger charge is -2.08. The Morgan fingerprint density at radius 2 is 1.31 bits per heavy atom. The van der Waals surface area contributed by atoms with E-state index < -0.39 is 0 Å². The molecule has 0 unspecified atom stereocenters. The van der Waals surface area contributed by atoms with Crippen LogP contribution in [-0.4, -0.2) is 4.57 Å². The van der Waals surface area contributed by atoms with E-state index in [0.717, 1.165) is 32.9 Å². The second kappa shape index (κ2) is 7.83. The van der Waals surface area contributed by atoms with Crippen LogP contribution in [0.15, 0.2) is 132 Å². The summed E-state index contributed by atoms with van der Waals surface area (Å²) in [5.74, 6) is 0. The zero-order valence-corrected chi connectivity index (χ0v) is 21.7. The van der Waals surface area contributed by atoms with Crippen LogP contribution in [0.25, 0.3) is 80.7 Å². The third-order valence-electron chi connectivity index (χ3n) is 7.99. The molecule has 39 heavy (non-hydrogen) atoms. The molecule has 0 aliphatic heterocycles. The number of hydrogen-bond donors (Lipinski definition) is 0. The number of hydrogen-bond acceptors (Lipinski definition) is 2. The molecule has 0 N–H and O–H groups in total. The molecule has 2 nitrogen and oxygen atoms in total. The minimum absolute atomic E-state index is 0.943. The largest absolute Gasteiger partial charge is 0.455 e. The Bertz CT molecular complexity index is 2390. The van der Waals surface area contributed by atoms with Crippen LogP contribution in [0.3, 0.4) is 0 Å². The van der Waals surface area contributed by atoms with Crippen molar-refractivity contribution < 1.29 is 4.42 Å². The van der Waals surface area contributed by atoms with Gasteiger partial charge in [-0.2, -0.15) is 0 Å². The van der Waals surface area contributed by atoms with Crippen molar-refractivity contribution in [3.8, 4) is 16.8 Å². The van der Waals surface area contributed by atoms with Crippen molar-refractivity contribution in [3.05, 3.63) is 127 Å². The number of benzene rings is 6. The summed E-state index contributed by atoms with van der Waals surface area (Å²) in [4.78, 5) is 0. The summed E-state index contributed by atoms with van der Waals surface area (Å²) in [5, 5.41) is 7.23. The van der Waals surface area contributed by atoms with Crippen molar-refractivity contribution in [2.45, 2.75) is 0 Å². The Labute approximate surface area is 227 Å². The lowest BCUT2D eigenvalue weighted by molar-refractivity contribution is 0.674. The molecule has 182 valence electrons. The summed E-state index contributed by atoms with van der Waals surface area (Å²) in [5.41, 5.74) is 7.88. The SMILES string of the molecule is c1ccc(-n2c3ccccc3c3sc4ccc(-c5cccc6c5oc5c7ccccc7ccc65)cc4c32)cc1. The maximum absolute atomic E-state index is 6.67. The molecule has 3 heterocycles. The normalized spacial score (nSPS) is 12.1. The van der Waals surface area contributed by atoms with E-state index in [1.54, 1.807) is 0 Å². The highest BCUT2D eigenvalue weighted by atomic mass is 32.1. The number of thiophene rings is 1. The van der Waals surface area contributed by atoms with Gasteiger partial charge in [0.15, 0.2) is 0 Å². The molecule has 0 bridgehead atoms. The summed E-state index contributed by atoms with van der Waals surface area (Å²) in [7, 11) is 0. The van der Waals surface area contributed by atoms with Gasteiger partial charge >= 0.3 is 0 Å². The molecule has 9 aromatic rings. The zero-order chi connectivity index (χ0) is 25.5. The topological polar surface area (TPSA) is 18.1 Å². The van der Waals surface area contributed by atoms with Crippen LogP contribution in [0.1, 0.15) is 0 Å². The van der Waals surface area contributed by atoms with Gasteiger partial charge < -0.3 is 8.98 Å². The van der Waals surface area contributed by atoms with Crippen molar-refractivity contribution in [1.82, 2.24) is 4.57 Å². The summed E-state index contributed by atoms with van der Waals surface area (Å²) in [6.07, 6.45) is 0. The van der Waals surface area contributed by atoms with Gasteiger partial charge in [0.1, 0.15) is 11.2 Å². The maximum atomic E-state index is 6.67. The summed E-state index contributed by atoms with van der Waals surface area (Å²) in [6, 6.07) is 45.6. The van der Waals surface area contributed by atoms with Crippen molar-refractivity contribution in [1.29, 1.82) is 0 Å². The van der Waals surface area contributed by atoms with Gasteiger partial charge in [-0.25, -0.2) is 0 Å². The molecule has 0 atom stereocenters. The first-order valence-corrected chi connectivity index (χ1v) is 14.0. The number of aromatic nitrogens is 1. The van der Waals surface area contributed by atoms with Crippen LogP contribution >= 0.6 is 11.3 Å². The number of furan rings is 1. The molecule has 0 amide bonds. The van der Waals surface area contributed by atoms with Crippen molar-refractivity contribution in [2.75, 3.05) is 0 Å². The average Bonchev–Trinajstić information content (AvgIpc) is 3.66. The van der Waals surface area contributed by atoms with E-state index in [-0.39, 0.29) is 0 Å². The van der Waals surface area contributed by atoms with Crippen LogP contribution in [0.4, 0.5) is 0 Å². The molecule has 9 rings (SSSR count). The predicted molar refractivity (Wildman–Crippen MR) is 166 cm³/mol. The number of fused-ring (bicyclic) bond motifs is 10. The van der Waals surface area contributed by atoms with Gasteiger partial charge in [0.05, 0.1) is 15.7 Å². The average molecular weight is 516 g/mol. The highest BCUT2D eigenvalue weighted by molar-refractivity contribution is 7.26. The van der Waals surface area contributed by atoms with Crippen LogP contribution in [0, 0.1) is 0 Å². The summed E-state index contributed by atoms with van der Waals surface area (Å²) >= 11 is 1.88. The Balaban J connectivity index is 1.36. The lowest BCUT2D eigenvalue weighted by atomic mass is 10.0. The number of rotatable bonds is 2. The minimum atomic E-state index is 0.943. The fourth-order valence-electron chi connectivity index (χ4n) is 6.24. The first kappa shape index (κ1) is 21.1. The van der Waals surface area contributed by atoms with Gasteiger partial charge in [-0.15, -0.1) is 11.3 Å².